The van der Waals surface area contributed by atoms with Crippen LogP contribution in [0.25, 0.3) is 10.6 Å². The second-order valence-electron chi connectivity index (χ2n) is 6.90. The van der Waals surface area contributed by atoms with Gasteiger partial charge in [-0.25, -0.2) is 0 Å². The highest BCUT2D eigenvalue weighted by atomic mass is 35.5. The van der Waals surface area contributed by atoms with Crippen LogP contribution >= 0.6 is 22.9 Å². The highest BCUT2D eigenvalue weighted by molar-refractivity contribution is 7.13. The van der Waals surface area contributed by atoms with Gasteiger partial charge in [0.15, 0.2) is 11.5 Å². The number of carbonyl (C=O) groups excluding carboxylic acids is 1. The van der Waals surface area contributed by atoms with Crippen molar-refractivity contribution in [2.75, 3.05) is 19.6 Å². The maximum Gasteiger partial charge on any atom is 0.273 e. The van der Waals surface area contributed by atoms with Gasteiger partial charge >= 0.3 is 0 Å². The third kappa shape index (κ3) is 4.29. The minimum absolute atomic E-state index is 0.0432. The van der Waals surface area contributed by atoms with Gasteiger partial charge in [-0.05, 0) is 49.0 Å². The Hall–Kier alpha value is -2.15. The number of carbonyl (C=O) groups is 1. The van der Waals surface area contributed by atoms with Crippen LogP contribution < -0.4 is 5.32 Å². The minimum Gasteiger partial charge on any atom is -0.355 e. The molecular weight excluding hydrogens is 394 g/mol. The molecule has 0 saturated carbocycles. The van der Waals surface area contributed by atoms with E-state index in [9.17, 15) is 4.79 Å². The van der Waals surface area contributed by atoms with Gasteiger partial charge in [-0.1, -0.05) is 47.4 Å². The molecule has 1 aliphatic rings. The summed E-state index contributed by atoms with van der Waals surface area (Å²) in [4.78, 5) is 16.0. The average Bonchev–Trinajstić information content (AvgIpc) is 3.42. The smallest absolute Gasteiger partial charge is 0.273 e. The molecule has 5 nitrogen and oxygen atoms in total. The van der Waals surface area contributed by atoms with E-state index in [0.717, 1.165) is 28.6 Å². The largest absolute Gasteiger partial charge is 0.355 e. The second-order valence-corrected chi connectivity index (χ2v) is 8.25. The Balaban J connectivity index is 1.48. The van der Waals surface area contributed by atoms with E-state index in [4.69, 9.17) is 16.1 Å². The lowest BCUT2D eigenvalue weighted by molar-refractivity contribution is 0.0915. The summed E-state index contributed by atoms with van der Waals surface area (Å²) in [6.07, 6.45) is 3.59. The Kier molecular flexibility index (Phi) is 6.10. The lowest BCUT2D eigenvalue weighted by Crippen LogP contribution is -2.40. The summed E-state index contributed by atoms with van der Waals surface area (Å²) in [5.41, 5.74) is 1.34. The van der Waals surface area contributed by atoms with Crippen LogP contribution in [-0.2, 0) is 0 Å². The summed E-state index contributed by atoms with van der Waals surface area (Å²) in [6, 6.07) is 13.5. The van der Waals surface area contributed by atoms with E-state index in [-0.39, 0.29) is 11.9 Å². The van der Waals surface area contributed by atoms with Crippen molar-refractivity contribution < 1.29 is 9.32 Å². The van der Waals surface area contributed by atoms with Crippen LogP contribution in [0.4, 0.5) is 0 Å². The van der Waals surface area contributed by atoms with Crippen LogP contribution in [-0.4, -0.2) is 35.6 Å². The Morgan fingerprint density at radius 2 is 2.04 bits per heavy atom. The van der Waals surface area contributed by atoms with E-state index >= 15 is 0 Å². The first kappa shape index (κ1) is 19.2. The van der Waals surface area contributed by atoms with Gasteiger partial charge in [0.1, 0.15) is 0 Å². The van der Waals surface area contributed by atoms with Gasteiger partial charge in [0.2, 0.25) is 0 Å². The molecule has 3 heterocycles. The van der Waals surface area contributed by atoms with Crippen molar-refractivity contribution in [3.05, 3.63) is 64.1 Å². The molecule has 1 amide bonds. The summed E-state index contributed by atoms with van der Waals surface area (Å²) < 4.78 is 5.33. The Morgan fingerprint density at radius 1 is 1.21 bits per heavy atom. The molecule has 3 aromatic rings. The number of halogens is 1. The highest BCUT2D eigenvalue weighted by Crippen LogP contribution is 2.30. The van der Waals surface area contributed by atoms with Gasteiger partial charge in [0.25, 0.3) is 5.91 Å². The molecule has 0 radical (unpaired) electrons. The van der Waals surface area contributed by atoms with E-state index < -0.39 is 0 Å². The van der Waals surface area contributed by atoms with Gasteiger partial charge in [0, 0.05) is 17.6 Å². The molecule has 1 N–H and O–H groups in total. The maximum absolute atomic E-state index is 12.6. The Labute approximate surface area is 173 Å². The number of hydrogen-bond donors (Lipinski definition) is 1. The molecule has 7 heteroatoms. The zero-order chi connectivity index (χ0) is 19.3. The van der Waals surface area contributed by atoms with Crippen molar-refractivity contribution in [1.82, 2.24) is 15.4 Å². The quantitative estimate of drug-likeness (QED) is 0.614. The molecule has 28 heavy (non-hydrogen) atoms. The number of likely N-dealkylation sites (tertiary alicyclic amines) is 1. The minimum atomic E-state index is -0.236. The van der Waals surface area contributed by atoms with Gasteiger partial charge in [0.05, 0.1) is 10.9 Å². The molecule has 4 rings (SSSR count). The molecule has 2 aromatic heterocycles. The van der Waals surface area contributed by atoms with Crippen LogP contribution in [0.5, 0.6) is 0 Å². The van der Waals surface area contributed by atoms with Crippen molar-refractivity contribution in [3.63, 3.8) is 0 Å². The van der Waals surface area contributed by atoms with Crippen molar-refractivity contribution in [3.8, 4) is 10.6 Å². The van der Waals surface area contributed by atoms with Crippen LogP contribution in [0, 0.1) is 0 Å². The fourth-order valence-corrected chi connectivity index (χ4v) is 4.54. The average molecular weight is 416 g/mol. The Morgan fingerprint density at radius 3 is 2.79 bits per heavy atom. The fraction of sp³-hybridized carbons (Fsp3) is 0.333. The van der Waals surface area contributed by atoms with Crippen LogP contribution in [0.3, 0.4) is 0 Å². The van der Waals surface area contributed by atoms with Gasteiger partial charge in [-0.15, -0.1) is 11.3 Å². The predicted octanol–water partition coefficient (Wildman–Crippen LogP) is 5.01. The Bertz CT molecular complexity index is 919. The third-order valence-electron chi connectivity index (χ3n) is 5.06. The number of nitrogens with zero attached hydrogens (tertiary/aromatic N) is 2. The van der Waals surface area contributed by atoms with Gasteiger partial charge in [-0.3, -0.25) is 9.69 Å². The molecule has 1 aliphatic heterocycles. The molecule has 1 saturated heterocycles. The molecule has 0 aliphatic carbocycles. The summed E-state index contributed by atoms with van der Waals surface area (Å²) >= 11 is 8.02. The van der Waals surface area contributed by atoms with Crippen LogP contribution in [0.15, 0.2) is 52.4 Å². The molecule has 1 aromatic carbocycles. The summed E-state index contributed by atoms with van der Waals surface area (Å²) in [5, 5.41) is 9.65. The second kappa shape index (κ2) is 8.90. The van der Waals surface area contributed by atoms with Crippen LogP contribution in [0.1, 0.15) is 41.4 Å². The first-order valence-corrected chi connectivity index (χ1v) is 10.8. The molecule has 1 atom stereocenters. The summed E-state index contributed by atoms with van der Waals surface area (Å²) in [6.45, 7) is 2.50. The monoisotopic (exact) mass is 415 g/mol. The first-order valence-electron chi connectivity index (χ1n) is 9.49. The number of rotatable bonds is 6. The van der Waals surface area contributed by atoms with Crippen molar-refractivity contribution in [2.24, 2.45) is 0 Å². The first-order chi connectivity index (χ1) is 13.7. The summed E-state index contributed by atoms with van der Waals surface area (Å²) in [5.74, 6) is 0.374. The van der Waals surface area contributed by atoms with E-state index in [2.05, 4.69) is 15.4 Å². The zero-order valence-corrected chi connectivity index (χ0v) is 17.0. The topological polar surface area (TPSA) is 58.4 Å². The van der Waals surface area contributed by atoms with E-state index in [1.165, 1.54) is 19.3 Å². The number of amides is 1. The maximum atomic E-state index is 12.6. The molecule has 0 spiro atoms. The van der Waals surface area contributed by atoms with Crippen LogP contribution in [0.2, 0.25) is 5.02 Å². The molecular formula is C21H22ClN3O2S. The number of hydrogen-bond acceptors (Lipinski definition) is 5. The zero-order valence-electron chi connectivity index (χ0n) is 15.4. The predicted molar refractivity (Wildman–Crippen MR) is 112 cm³/mol. The molecule has 0 bridgehead atoms. The van der Waals surface area contributed by atoms with E-state index in [1.54, 1.807) is 17.4 Å². The molecule has 1 unspecified atom stereocenters. The normalized spacial score (nSPS) is 16.0. The lowest BCUT2D eigenvalue weighted by Gasteiger charge is -2.35. The van der Waals surface area contributed by atoms with Crippen molar-refractivity contribution in [2.45, 2.75) is 25.3 Å². The number of piperidine rings is 1. The lowest BCUT2D eigenvalue weighted by atomic mass is 10.0. The van der Waals surface area contributed by atoms with Crippen molar-refractivity contribution >= 4 is 28.8 Å². The fourth-order valence-electron chi connectivity index (χ4n) is 3.61. The number of nitrogens with one attached hydrogen (secondary N) is 1. The van der Waals surface area contributed by atoms with Gasteiger partial charge in [-0.2, -0.15) is 0 Å². The third-order valence-corrected chi connectivity index (χ3v) is 6.29. The summed E-state index contributed by atoms with van der Waals surface area (Å²) in [7, 11) is 0. The highest BCUT2D eigenvalue weighted by Gasteiger charge is 2.25. The molecule has 146 valence electrons. The SMILES string of the molecule is O=C(NCC(c1ccccc1Cl)N1CCCCC1)c1cc(-c2cccs2)on1. The standard InChI is InChI=1S/C21H22ClN3O2S/c22-16-8-3-2-7-15(16)18(25-10-4-1-5-11-25)14-23-21(26)17-13-19(27-24-17)20-9-6-12-28-20/h2-3,6-9,12-13,18H,1,4-5,10-11,14H2,(H,23,26). The number of thiophene rings is 1. The van der Waals surface area contributed by atoms with Crippen molar-refractivity contribution in [1.29, 1.82) is 0 Å². The van der Waals surface area contributed by atoms with E-state index in [0.29, 0.717) is 18.0 Å². The number of benzene rings is 1. The van der Waals surface area contributed by atoms with Gasteiger partial charge < -0.3 is 9.84 Å². The molecule has 1 fully saturated rings. The number of aromatic nitrogens is 1. The van der Waals surface area contributed by atoms with E-state index in [1.807, 2.05) is 41.8 Å².